The van der Waals surface area contributed by atoms with Crippen LogP contribution in [0.15, 0.2) is 60.8 Å². The van der Waals surface area contributed by atoms with Crippen LogP contribution in [-0.4, -0.2) is 24.0 Å². The van der Waals surface area contributed by atoms with Crippen LogP contribution in [0, 0.1) is 13.8 Å². The Kier molecular flexibility index (Phi) is 7.66. The number of benzene rings is 2. The van der Waals surface area contributed by atoms with Crippen molar-refractivity contribution >= 4 is 17.6 Å². The number of anilines is 1. The molecule has 0 bridgehead atoms. The minimum Gasteiger partial charge on any atom is -0.465 e. The quantitative estimate of drug-likeness (QED) is 0.603. The van der Waals surface area contributed by atoms with Gasteiger partial charge in [0.2, 0.25) is 0 Å². The molecule has 1 amide bonds. The van der Waals surface area contributed by atoms with Gasteiger partial charge in [0.05, 0.1) is 12.7 Å². The maximum Gasteiger partial charge on any atom is 0.337 e. The van der Waals surface area contributed by atoms with Crippen molar-refractivity contribution in [3.05, 3.63) is 83.2 Å². The first-order valence-corrected chi connectivity index (χ1v) is 9.51. The molecule has 3 rings (SSSR count). The van der Waals surface area contributed by atoms with Crippen molar-refractivity contribution < 1.29 is 14.3 Å². The predicted molar refractivity (Wildman–Crippen MR) is 116 cm³/mol. The molecular weight excluding hydrogens is 364 g/mol. The number of nitrogens with one attached hydrogen (secondary N) is 1. The van der Waals surface area contributed by atoms with Crippen LogP contribution in [-0.2, 0) is 4.74 Å². The van der Waals surface area contributed by atoms with Crippen LogP contribution in [0.3, 0.4) is 0 Å². The molecule has 29 heavy (non-hydrogen) atoms. The Balaban J connectivity index is 0.00000145. The van der Waals surface area contributed by atoms with E-state index in [9.17, 15) is 9.59 Å². The first-order chi connectivity index (χ1) is 14.0. The lowest BCUT2D eigenvalue weighted by Gasteiger charge is -2.11. The van der Waals surface area contributed by atoms with Crippen molar-refractivity contribution in [3.8, 4) is 11.1 Å². The molecule has 0 atom stereocenters. The highest BCUT2D eigenvalue weighted by Gasteiger charge is 2.10. The molecule has 1 heterocycles. The summed E-state index contributed by atoms with van der Waals surface area (Å²) in [6.07, 6.45) is 1.62. The highest BCUT2D eigenvalue weighted by Crippen LogP contribution is 2.27. The minimum absolute atomic E-state index is 0.184. The summed E-state index contributed by atoms with van der Waals surface area (Å²) in [7, 11) is 1.36. The molecule has 0 saturated carbocycles. The number of amides is 1. The normalized spacial score (nSPS) is 9.83. The highest BCUT2D eigenvalue weighted by atomic mass is 16.5. The van der Waals surface area contributed by atoms with E-state index in [4.69, 9.17) is 4.74 Å². The van der Waals surface area contributed by atoms with Crippen molar-refractivity contribution in [1.82, 2.24) is 4.98 Å². The molecule has 0 aliphatic heterocycles. The lowest BCUT2D eigenvalue weighted by atomic mass is 9.98. The molecule has 3 aromatic rings. The zero-order chi connectivity index (χ0) is 21.4. The summed E-state index contributed by atoms with van der Waals surface area (Å²) in [5.41, 5.74) is 5.55. The van der Waals surface area contributed by atoms with Crippen molar-refractivity contribution in [2.24, 2.45) is 0 Å². The monoisotopic (exact) mass is 390 g/mol. The lowest BCUT2D eigenvalue weighted by Crippen LogP contribution is -2.12. The molecule has 0 radical (unpaired) electrons. The van der Waals surface area contributed by atoms with E-state index in [1.54, 1.807) is 30.5 Å². The summed E-state index contributed by atoms with van der Waals surface area (Å²) in [4.78, 5) is 28.2. The molecule has 0 saturated heterocycles. The molecule has 0 aliphatic carbocycles. The van der Waals surface area contributed by atoms with Gasteiger partial charge in [0, 0.05) is 23.1 Å². The van der Waals surface area contributed by atoms with E-state index in [0.717, 1.165) is 22.4 Å². The van der Waals surface area contributed by atoms with Gasteiger partial charge in [-0.15, -0.1) is 0 Å². The topological polar surface area (TPSA) is 68.3 Å². The fraction of sp³-hybridized carbons (Fsp3) is 0.208. The summed E-state index contributed by atoms with van der Waals surface area (Å²) >= 11 is 0. The van der Waals surface area contributed by atoms with Gasteiger partial charge in [0.15, 0.2) is 0 Å². The number of methoxy groups -OCH3 is 1. The maximum atomic E-state index is 12.5. The number of ether oxygens (including phenoxy) is 1. The summed E-state index contributed by atoms with van der Waals surface area (Å²) < 4.78 is 4.73. The van der Waals surface area contributed by atoms with E-state index < -0.39 is 0 Å². The average molecular weight is 390 g/mol. The van der Waals surface area contributed by atoms with Crippen LogP contribution < -0.4 is 5.32 Å². The lowest BCUT2D eigenvalue weighted by molar-refractivity contribution is 0.0600. The third kappa shape index (κ3) is 5.51. The molecule has 0 unspecified atom stereocenters. The van der Waals surface area contributed by atoms with Gasteiger partial charge in [-0.05, 0) is 66.9 Å². The number of esters is 1. The summed E-state index contributed by atoms with van der Waals surface area (Å²) in [5, 5.41) is 2.92. The summed E-state index contributed by atoms with van der Waals surface area (Å²) in [5.74, 6) is -0.553. The van der Waals surface area contributed by atoms with Crippen molar-refractivity contribution in [2.45, 2.75) is 27.7 Å². The average Bonchev–Trinajstić information content (AvgIpc) is 2.76. The standard InChI is InChI=1S/C22H20N2O3.C2H6/c1-14-4-9-19(24-21(25)18-10-11-23-15(2)12-18)13-20(14)16-5-7-17(8-6-16)22(26)27-3;1-2/h4-13H,1-3H3,(H,24,25);1-2H3. The fourth-order valence-electron chi connectivity index (χ4n) is 2.80. The maximum absolute atomic E-state index is 12.5. The van der Waals surface area contributed by atoms with E-state index in [-0.39, 0.29) is 11.9 Å². The van der Waals surface area contributed by atoms with Crippen LogP contribution in [0.4, 0.5) is 5.69 Å². The van der Waals surface area contributed by atoms with Gasteiger partial charge < -0.3 is 10.1 Å². The Morgan fingerprint density at radius 2 is 1.59 bits per heavy atom. The first-order valence-electron chi connectivity index (χ1n) is 9.51. The van der Waals surface area contributed by atoms with Gasteiger partial charge in [-0.25, -0.2) is 4.79 Å². The Morgan fingerprint density at radius 3 is 2.21 bits per heavy atom. The summed E-state index contributed by atoms with van der Waals surface area (Å²) in [6, 6.07) is 16.4. The smallest absolute Gasteiger partial charge is 0.337 e. The van der Waals surface area contributed by atoms with Crippen LogP contribution in [0.5, 0.6) is 0 Å². The zero-order valence-corrected chi connectivity index (χ0v) is 17.4. The second-order valence-corrected chi connectivity index (χ2v) is 6.24. The molecule has 0 fully saturated rings. The molecule has 5 nitrogen and oxygen atoms in total. The number of rotatable bonds is 4. The van der Waals surface area contributed by atoms with Crippen LogP contribution in [0.25, 0.3) is 11.1 Å². The number of hydrogen-bond donors (Lipinski definition) is 1. The largest absolute Gasteiger partial charge is 0.465 e. The van der Waals surface area contributed by atoms with Gasteiger partial charge >= 0.3 is 5.97 Å². The predicted octanol–water partition coefficient (Wildman–Crippen LogP) is 5.43. The number of carbonyl (C=O) groups excluding carboxylic acids is 2. The van der Waals surface area contributed by atoms with Crippen LogP contribution >= 0.6 is 0 Å². The van der Waals surface area contributed by atoms with Gasteiger partial charge in [-0.2, -0.15) is 0 Å². The Bertz CT molecular complexity index is 995. The Labute approximate surface area is 171 Å². The molecule has 0 aliphatic rings. The minimum atomic E-state index is -0.369. The fourth-order valence-corrected chi connectivity index (χ4v) is 2.80. The Morgan fingerprint density at radius 1 is 0.897 bits per heavy atom. The molecular formula is C24H26N2O3. The van der Waals surface area contributed by atoms with E-state index in [2.05, 4.69) is 10.3 Å². The third-order valence-corrected chi connectivity index (χ3v) is 4.27. The van der Waals surface area contributed by atoms with E-state index >= 15 is 0 Å². The molecule has 5 heteroatoms. The second-order valence-electron chi connectivity index (χ2n) is 6.24. The van der Waals surface area contributed by atoms with Crippen LogP contribution in [0.1, 0.15) is 45.8 Å². The SMILES string of the molecule is CC.COC(=O)c1ccc(-c2cc(NC(=O)c3ccnc(C)c3)ccc2C)cc1. The molecule has 0 spiro atoms. The van der Waals surface area contributed by atoms with Crippen molar-refractivity contribution in [3.63, 3.8) is 0 Å². The molecule has 2 aromatic carbocycles. The zero-order valence-electron chi connectivity index (χ0n) is 17.4. The third-order valence-electron chi connectivity index (χ3n) is 4.27. The molecule has 1 aromatic heterocycles. The van der Waals surface area contributed by atoms with E-state index in [0.29, 0.717) is 16.8 Å². The number of hydrogen-bond acceptors (Lipinski definition) is 4. The summed E-state index contributed by atoms with van der Waals surface area (Å²) in [6.45, 7) is 7.85. The number of aryl methyl sites for hydroxylation is 2. The number of pyridine rings is 1. The molecule has 150 valence electrons. The highest BCUT2D eigenvalue weighted by molar-refractivity contribution is 6.04. The number of aromatic nitrogens is 1. The second kappa shape index (κ2) is 10.2. The number of nitrogens with zero attached hydrogens (tertiary/aromatic N) is 1. The molecule has 1 N–H and O–H groups in total. The van der Waals surface area contributed by atoms with Crippen molar-refractivity contribution in [1.29, 1.82) is 0 Å². The van der Waals surface area contributed by atoms with Gasteiger partial charge in [-0.1, -0.05) is 32.0 Å². The van der Waals surface area contributed by atoms with Gasteiger partial charge in [0.1, 0.15) is 0 Å². The van der Waals surface area contributed by atoms with Crippen LogP contribution in [0.2, 0.25) is 0 Å². The van der Waals surface area contributed by atoms with E-state index in [1.807, 2.05) is 58.0 Å². The first kappa shape index (κ1) is 21.8. The van der Waals surface area contributed by atoms with E-state index in [1.165, 1.54) is 7.11 Å². The Hall–Kier alpha value is -3.47. The van der Waals surface area contributed by atoms with Gasteiger partial charge in [-0.3, -0.25) is 9.78 Å². The van der Waals surface area contributed by atoms with Gasteiger partial charge in [0.25, 0.3) is 5.91 Å². The number of carbonyl (C=O) groups is 2. The van der Waals surface area contributed by atoms with Crippen molar-refractivity contribution in [2.75, 3.05) is 12.4 Å².